The minimum atomic E-state index is -1.75. The van der Waals surface area contributed by atoms with Crippen molar-refractivity contribution >= 4 is 6.29 Å². The minimum Gasteiger partial charge on any atom is -0.542 e. The summed E-state index contributed by atoms with van der Waals surface area (Å²) < 4.78 is 0. The van der Waals surface area contributed by atoms with Crippen molar-refractivity contribution in [3.63, 3.8) is 0 Å². The van der Waals surface area contributed by atoms with E-state index >= 15 is 0 Å². The van der Waals surface area contributed by atoms with E-state index in [4.69, 9.17) is 35.4 Å². The number of nitrogens with zero attached hydrogens (tertiary/aromatic N) is 2. The molecule has 0 aromatic carbocycles. The van der Waals surface area contributed by atoms with Crippen LogP contribution in [0.1, 0.15) is 6.92 Å². The molecule has 0 saturated heterocycles. The number of carbonyl (C=O) groups excluding carboxylic acids is 1. The summed E-state index contributed by atoms with van der Waals surface area (Å²) in [6.07, 6.45) is 1.50. The summed E-state index contributed by atoms with van der Waals surface area (Å²) >= 11 is 0. The second kappa shape index (κ2) is 22.6. The molecule has 0 aromatic rings. The molecule has 0 bridgehead atoms. The molecule has 0 unspecified atom stereocenters. The zero-order chi connectivity index (χ0) is 9.86. The molecular weight excluding hydrogens is 265 g/mol. The van der Waals surface area contributed by atoms with Crippen molar-refractivity contribution in [2.45, 2.75) is 6.92 Å². The van der Waals surface area contributed by atoms with Crippen molar-refractivity contribution < 1.29 is 34.4 Å². The van der Waals surface area contributed by atoms with Crippen LogP contribution in [-0.2, 0) is 24.3 Å². The standard InChI is InChI=1S/C2H3O.2NO3.Ru/c1-2-3;2*2-1(3)4;/h1H3;;;/q3*-1;+3. The van der Waals surface area contributed by atoms with E-state index in [0.29, 0.717) is 0 Å². The SMILES string of the molecule is C[C-]=O.O=[N+]([O-])[O-].O=[N+]([O-])[O-].[Ru+3]. The molecule has 0 fully saturated rings. The average Bonchev–Trinajstić information content (AvgIpc) is 1.60. The Morgan fingerprint density at radius 2 is 1.00 bits per heavy atom. The molecule has 1 radical (unpaired) electrons. The molecule has 71 valence electrons. The molecule has 0 rings (SSSR count). The fourth-order valence-corrected chi connectivity index (χ4v) is 0. The molecule has 9 nitrogen and oxygen atoms in total. The van der Waals surface area contributed by atoms with Gasteiger partial charge in [-0.05, 0) is 0 Å². The van der Waals surface area contributed by atoms with Crippen LogP contribution in [0.15, 0.2) is 0 Å². The predicted octanol–water partition coefficient (Wildman–Crippen LogP) is -0.365. The Kier molecular flexibility index (Phi) is 42.2. The van der Waals surface area contributed by atoms with Gasteiger partial charge in [0.2, 0.25) is 0 Å². The van der Waals surface area contributed by atoms with Crippen molar-refractivity contribution in [1.82, 2.24) is 0 Å². The molecule has 0 aliphatic heterocycles. The molecule has 0 amide bonds. The second-order valence-corrected chi connectivity index (χ2v) is 0.651. The van der Waals surface area contributed by atoms with Gasteiger partial charge in [-0.15, -0.1) is 0 Å². The summed E-state index contributed by atoms with van der Waals surface area (Å²) in [5.41, 5.74) is 0. The number of hydrogen-bond donors (Lipinski definition) is 0. The van der Waals surface area contributed by atoms with Crippen LogP contribution in [0.2, 0.25) is 0 Å². The number of rotatable bonds is 0. The van der Waals surface area contributed by atoms with Crippen LogP contribution >= 0.6 is 0 Å². The van der Waals surface area contributed by atoms with Crippen LogP contribution in [0.5, 0.6) is 0 Å². The van der Waals surface area contributed by atoms with E-state index in [1.807, 2.05) is 0 Å². The summed E-state index contributed by atoms with van der Waals surface area (Å²) in [4.78, 5) is 25.2. The maximum atomic E-state index is 8.68. The summed E-state index contributed by atoms with van der Waals surface area (Å²) in [5.74, 6) is 0. The first-order valence-corrected chi connectivity index (χ1v) is 1.80. The normalized spacial score (nSPS) is 5.08. The van der Waals surface area contributed by atoms with Crippen LogP contribution in [0.4, 0.5) is 0 Å². The molecule has 0 saturated carbocycles. The Bertz CT molecular complexity index is 107. The van der Waals surface area contributed by atoms with Gasteiger partial charge >= 0.3 is 19.5 Å². The molecule has 10 heteroatoms. The van der Waals surface area contributed by atoms with Crippen LogP contribution < -0.4 is 0 Å². The van der Waals surface area contributed by atoms with Crippen molar-refractivity contribution in [2.75, 3.05) is 0 Å². The van der Waals surface area contributed by atoms with E-state index in [0.717, 1.165) is 0 Å². The monoisotopic (exact) mass is 269 g/mol. The van der Waals surface area contributed by atoms with Gasteiger partial charge in [-0.25, -0.2) is 0 Å². The maximum absolute atomic E-state index is 8.68. The molecular formula is C2H3N2O7Ru. The van der Waals surface area contributed by atoms with Crippen molar-refractivity contribution in [2.24, 2.45) is 0 Å². The Balaban J connectivity index is -0.0000000389. The van der Waals surface area contributed by atoms with Gasteiger partial charge in [0.25, 0.3) is 0 Å². The minimum absolute atomic E-state index is 0. The van der Waals surface area contributed by atoms with Crippen molar-refractivity contribution in [3.8, 4) is 0 Å². The smallest absolute Gasteiger partial charge is 0.542 e. The van der Waals surface area contributed by atoms with E-state index in [9.17, 15) is 0 Å². The fourth-order valence-electron chi connectivity index (χ4n) is 0. The van der Waals surface area contributed by atoms with Gasteiger partial charge in [0.05, 0.1) is 10.2 Å². The molecule has 0 atom stereocenters. The summed E-state index contributed by atoms with van der Waals surface area (Å²) in [7, 11) is 0. The Morgan fingerprint density at radius 3 is 1.00 bits per heavy atom. The molecule has 0 N–H and O–H groups in total. The fraction of sp³-hybridized carbons (Fsp3) is 0.500. The van der Waals surface area contributed by atoms with Gasteiger partial charge in [-0.2, -0.15) is 6.92 Å². The third kappa shape index (κ3) is 301. The van der Waals surface area contributed by atoms with Crippen molar-refractivity contribution in [1.29, 1.82) is 0 Å². The molecule has 12 heavy (non-hydrogen) atoms. The third-order valence-corrected chi connectivity index (χ3v) is 0. The molecule has 0 spiro atoms. The summed E-state index contributed by atoms with van der Waals surface area (Å²) in [6, 6.07) is 0. The van der Waals surface area contributed by atoms with Crippen LogP contribution in [0.25, 0.3) is 0 Å². The maximum Gasteiger partial charge on any atom is 3.00 e. The molecule has 0 heterocycles. The van der Waals surface area contributed by atoms with E-state index in [-0.39, 0.29) is 19.5 Å². The summed E-state index contributed by atoms with van der Waals surface area (Å²) in [6.45, 7) is 1.32. The second-order valence-electron chi connectivity index (χ2n) is 0.651. The van der Waals surface area contributed by atoms with Gasteiger partial charge in [0, 0.05) is 0 Å². The average molecular weight is 268 g/mol. The van der Waals surface area contributed by atoms with Gasteiger partial charge in [0.1, 0.15) is 0 Å². The van der Waals surface area contributed by atoms with E-state index in [1.54, 1.807) is 0 Å². The first kappa shape index (κ1) is 22.4. The Labute approximate surface area is 79.0 Å². The summed E-state index contributed by atoms with van der Waals surface area (Å²) in [5, 5.41) is 29.5. The zero-order valence-electron chi connectivity index (χ0n) is 5.61. The van der Waals surface area contributed by atoms with Gasteiger partial charge < -0.3 is 35.4 Å². The Hall–Kier alpha value is -1.31. The van der Waals surface area contributed by atoms with E-state index in [1.165, 1.54) is 13.2 Å². The van der Waals surface area contributed by atoms with Gasteiger partial charge in [0.15, 0.2) is 0 Å². The topological polar surface area (TPSA) is 149 Å². The van der Waals surface area contributed by atoms with E-state index in [2.05, 4.69) is 0 Å². The van der Waals surface area contributed by atoms with E-state index < -0.39 is 10.2 Å². The first-order valence-electron chi connectivity index (χ1n) is 1.80. The zero-order valence-corrected chi connectivity index (χ0v) is 7.34. The first-order chi connectivity index (χ1) is 4.88. The van der Waals surface area contributed by atoms with Crippen LogP contribution in [0, 0.1) is 30.6 Å². The third-order valence-electron chi connectivity index (χ3n) is 0. The molecule has 0 aliphatic rings. The number of hydrogen-bond acceptors (Lipinski definition) is 7. The van der Waals surface area contributed by atoms with Gasteiger partial charge in [-0.1, -0.05) is 0 Å². The van der Waals surface area contributed by atoms with Gasteiger partial charge in [-0.3, -0.25) is 6.29 Å². The quantitative estimate of drug-likeness (QED) is 0.252. The molecule has 0 aromatic heterocycles. The Morgan fingerprint density at radius 1 is 1.00 bits per heavy atom. The van der Waals surface area contributed by atoms with Crippen LogP contribution in [-0.4, -0.2) is 16.5 Å². The predicted molar refractivity (Wildman–Crippen MR) is 32.1 cm³/mol. The van der Waals surface area contributed by atoms with Crippen molar-refractivity contribution in [3.05, 3.63) is 30.6 Å². The van der Waals surface area contributed by atoms with Crippen LogP contribution in [0.3, 0.4) is 0 Å². The largest absolute Gasteiger partial charge is 3.00 e. The molecule has 0 aliphatic carbocycles.